The minimum atomic E-state index is -1.98. The van der Waals surface area contributed by atoms with Crippen LogP contribution in [0.3, 0.4) is 0 Å². The normalized spacial score (nSPS) is 14.1. The van der Waals surface area contributed by atoms with Crippen molar-refractivity contribution in [3.8, 4) is 0 Å². The summed E-state index contributed by atoms with van der Waals surface area (Å²) in [7, 11) is 0. The highest BCUT2D eigenvalue weighted by atomic mass is 16.6. The van der Waals surface area contributed by atoms with Gasteiger partial charge in [-0.15, -0.1) is 0 Å². The Morgan fingerprint density at radius 2 is 1.47 bits per heavy atom. The van der Waals surface area contributed by atoms with Crippen LogP contribution in [0.2, 0.25) is 0 Å². The van der Waals surface area contributed by atoms with E-state index < -0.39 is 43.1 Å². The van der Waals surface area contributed by atoms with Crippen LogP contribution in [-0.4, -0.2) is 63.6 Å². The maximum absolute atomic E-state index is 10.7. The van der Waals surface area contributed by atoms with Gasteiger partial charge in [0.15, 0.2) is 6.10 Å². The highest BCUT2D eigenvalue weighted by Crippen LogP contribution is 1.93. The molecule has 2 unspecified atom stereocenters. The molecule has 0 saturated carbocycles. The van der Waals surface area contributed by atoms with Gasteiger partial charge in [0.25, 0.3) is 5.78 Å². The Balaban J connectivity index is 4.25. The van der Waals surface area contributed by atoms with Gasteiger partial charge < -0.3 is 25.2 Å². The maximum Gasteiger partial charge on any atom is 0.385 e. The fourth-order valence-electron chi connectivity index (χ4n) is 0.503. The number of carbonyl (C=O) groups is 3. The third-order valence-corrected chi connectivity index (χ3v) is 1.32. The van der Waals surface area contributed by atoms with Crippen LogP contribution in [0, 0.1) is 0 Å². The minimum Gasteiger partial charge on any atom is -0.393 e. The van der Waals surface area contributed by atoms with Crippen LogP contribution in [0.4, 0.5) is 0 Å². The van der Waals surface area contributed by atoms with E-state index in [1.807, 2.05) is 0 Å². The number of ketones is 1. The molecule has 0 aromatic heterocycles. The number of aliphatic hydroxyl groups excluding tert-OH is 4. The van der Waals surface area contributed by atoms with Crippen molar-refractivity contribution in [3.05, 3.63) is 0 Å². The molecule has 0 spiro atoms. The standard InChI is InChI=1S/C7H10O8/c8-1-3(10)5(12)7(14)15-6(13)4(11)2-9/h3-4,8-11H,1-2H2. The van der Waals surface area contributed by atoms with Crippen molar-refractivity contribution in [2.24, 2.45) is 0 Å². The molecule has 0 amide bonds. The van der Waals surface area contributed by atoms with Gasteiger partial charge in [0.05, 0.1) is 13.2 Å². The summed E-state index contributed by atoms with van der Waals surface area (Å²) in [5, 5.41) is 33.9. The van der Waals surface area contributed by atoms with Gasteiger partial charge in [-0.3, -0.25) is 4.79 Å². The Morgan fingerprint density at radius 3 is 1.87 bits per heavy atom. The van der Waals surface area contributed by atoms with Crippen molar-refractivity contribution in [3.63, 3.8) is 0 Å². The number of hydrogen-bond acceptors (Lipinski definition) is 8. The van der Waals surface area contributed by atoms with E-state index in [1.54, 1.807) is 0 Å². The van der Waals surface area contributed by atoms with Gasteiger partial charge in [0, 0.05) is 0 Å². The molecule has 0 aromatic rings. The number of Topliss-reactive ketones (excluding diaryl/α,β-unsaturated/α-hetero) is 1. The summed E-state index contributed by atoms with van der Waals surface area (Å²) in [5.74, 6) is -4.74. The van der Waals surface area contributed by atoms with Gasteiger partial charge in [-0.25, -0.2) is 9.59 Å². The number of carbonyl (C=O) groups excluding carboxylic acids is 3. The van der Waals surface area contributed by atoms with E-state index in [0.717, 1.165) is 0 Å². The van der Waals surface area contributed by atoms with Crippen LogP contribution >= 0.6 is 0 Å². The molecule has 15 heavy (non-hydrogen) atoms. The molecule has 0 radical (unpaired) electrons. The molecule has 4 N–H and O–H groups in total. The number of esters is 2. The Bertz CT molecular complexity index is 260. The summed E-state index contributed by atoms with van der Waals surface area (Å²) < 4.78 is 3.78. The van der Waals surface area contributed by atoms with Crippen LogP contribution in [0.5, 0.6) is 0 Å². The van der Waals surface area contributed by atoms with Crippen LogP contribution in [-0.2, 0) is 19.1 Å². The zero-order valence-corrected chi connectivity index (χ0v) is 7.49. The average Bonchev–Trinajstić information content (AvgIpc) is 2.25. The van der Waals surface area contributed by atoms with Crippen LogP contribution in [0.1, 0.15) is 0 Å². The smallest absolute Gasteiger partial charge is 0.385 e. The molecule has 0 aliphatic heterocycles. The topological polar surface area (TPSA) is 141 Å². The summed E-state index contributed by atoms with van der Waals surface area (Å²) in [5.41, 5.74) is 0. The molecule has 0 aromatic carbocycles. The van der Waals surface area contributed by atoms with Crippen molar-refractivity contribution >= 4 is 17.7 Å². The molecular weight excluding hydrogens is 212 g/mol. The zero-order chi connectivity index (χ0) is 12.0. The second-order valence-corrected chi connectivity index (χ2v) is 2.47. The molecular formula is C7H10O8. The lowest BCUT2D eigenvalue weighted by atomic mass is 10.2. The molecule has 0 bridgehead atoms. The Labute approximate surface area is 83.7 Å². The summed E-state index contributed by atoms with van der Waals surface area (Å²) >= 11 is 0. The van der Waals surface area contributed by atoms with Crippen LogP contribution in [0.15, 0.2) is 0 Å². The summed E-state index contributed by atoms with van der Waals surface area (Å²) in [6.07, 6.45) is -3.91. The van der Waals surface area contributed by atoms with Crippen molar-refractivity contribution in [1.29, 1.82) is 0 Å². The first-order valence-electron chi connectivity index (χ1n) is 3.81. The molecule has 0 rings (SSSR count). The van der Waals surface area contributed by atoms with E-state index in [2.05, 4.69) is 4.74 Å². The van der Waals surface area contributed by atoms with E-state index in [-0.39, 0.29) is 0 Å². The van der Waals surface area contributed by atoms with Crippen LogP contribution in [0.25, 0.3) is 0 Å². The van der Waals surface area contributed by atoms with Gasteiger partial charge in [0.2, 0.25) is 0 Å². The molecule has 0 heterocycles. The third kappa shape index (κ3) is 4.13. The van der Waals surface area contributed by atoms with E-state index in [0.29, 0.717) is 0 Å². The lowest BCUT2D eigenvalue weighted by molar-refractivity contribution is -0.172. The van der Waals surface area contributed by atoms with E-state index >= 15 is 0 Å². The van der Waals surface area contributed by atoms with Gasteiger partial charge in [-0.2, -0.15) is 0 Å². The second kappa shape index (κ2) is 6.19. The molecule has 0 aliphatic rings. The number of rotatable bonds is 5. The largest absolute Gasteiger partial charge is 0.393 e. The lowest BCUT2D eigenvalue weighted by Gasteiger charge is -2.07. The quantitative estimate of drug-likeness (QED) is 0.212. The van der Waals surface area contributed by atoms with Crippen molar-refractivity contribution in [2.45, 2.75) is 12.2 Å². The van der Waals surface area contributed by atoms with Crippen molar-refractivity contribution in [1.82, 2.24) is 0 Å². The fourth-order valence-corrected chi connectivity index (χ4v) is 0.503. The fraction of sp³-hybridized carbons (Fsp3) is 0.571. The Hall–Kier alpha value is -1.35. The third-order valence-electron chi connectivity index (χ3n) is 1.32. The second-order valence-electron chi connectivity index (χ2n) is 2.47. The Kier molecular flexibility index (Phi) is 5.64. The van der Waals surface area contributed by atoms with Gasteiger partial charge in [0.1, 0.15) is 6.10 Å². The highest BCUT2D eigenvalue weighted by Gasteiger charge is 2.28. The summed E-state index contributed by atoms with van der Waals surface area (Å²) in [4.78, 5) is 32.1. The van der Waals surface area contributed by atoms with Crippen LogP contribution < -0.4 is 0 Å². The van der Waals surface area contributed by atoms with Crippen molar-refractivity contribution < 1.29 is 39.5 Å². The number of hydrogen-bond donors (Lipinski definition) is 4. The van der Waals surface area contributed by atoms with Gasteiger partial charge in [-0.05, 0) is 0 Å². The summed E-state index contributed by atoms with van der Waals surface area (Å²) in [6.45, 7) is -1.96. The molecule has 0 aliphatic carbocycles. The minimum absolute atomic E-state index is 0.969. The Morgan fingerprint density at radius 1 is 1.00 bits per heavy atom. The first kappa shape index (κ1) is 13.7. The molecule has 8 nitrogen and oxygen atoms in total. The van der Waals surface area contributed by atoms with E-state index in [1.165, 1.54) is 0 Å². The maximum atomic E-state index is 10.7. The zero-order valence-electron chi connectivity index (χ0n) is 7.49. The van der Waals surface area contributed by atoms with E-state index in [4.69, 9.17) is 20.4 Å². The van der Waals surface area contributed by atoms with Gasteiger partial charge >= 0.3 is 11.9 Å². The van der Waals surface area contributed by atoms with E-state index in [9.17, 15) is 14.4 Å². The van der Waals surface area contributed by atoms with Crippen molar-refractivity contribution in [2.75, 3.05) is 13.2 Å². The molecule has 86 valence electrons. The molecule has 0 saturated heterocycles. The first-order chi connectivity index (χ1) is 6.93. The SMILES string of the molecule is O=C(OC(=O)C(O)CO)C(=O)C(O)CO. The first-order valence-corrected chi connectivity index (χ1v) is 3.81. The monoisotopic (exact) mass is 222 g/mol. The number of ether oxygens (including phenoxy) is 1. The lowest BCUT2D eigenvalue weighted by Crippen LogP contribution is -2.37. The van der Waals surface area contributed by atoms with Gasteiger partial charge in [-0.1, -0.05) is 0 Å². The molecule has 2 atom stereocenters. The number of aliphatic hydroxyl groups is 4. The molecule has 0 fully saturated rings. The predicted octanol–water partition coefficient (Wildman–Crippen LogP) is -3.67. The highest BCUT2D eigenvalue weighted by molar-refractivity contribution is 6.36. The predicted molar refractivity (Wildman–Crippen MR) is 42.3 cm³/mol. The molecule has 8 heteroatoms. The summed E-state index contributed by atoms with van der Waals surface area (Å²) in [6, 6.07) is 0. The average molecular weight is 222 g/mol.